The van der Waals surface area contributed by atoms with Gasteiger partial charge in [0.05, 0.1) is 22.0 Å². The molecular formula is C28H20N7O8S2+. The van der Waals surface area contributed by atoms with Crippen LogP contribution < -0.4 is 5.32 Å². The van der Waals surface area contributed by atoms with Crippen molar-refractivity contribution in [2.45, 2.75) is 16.7 Å². The Labute approximate surface area is 254 Å². The normalized spacial score (nSPS) is 12.2. The number of nitrogens with zero attached hydrogens (tertiary/aromatic N) is 6. The number of rotatable bonds is 7. The number of diazo groups is 1. The van der Waals surface area contributed by atoms with Crippen molar-refractivity contribution in [3.05, 3.63) is 83.8 Å². The number of anilines is 1. The number of aromatic hydroxyl groups is 1. The number of hydrogen-bond donors (Lipinski definition) is 4. The molecule has 0 radical (unpaired) electrons. The number of hydrogen-bond acceptors (Lipinski definition) is 11. The molecule has 0 aliphatic rings. The second-order valence-corrected chi connectivity index (χ2v) is 12.3. The monoisotopic (exact) mass is 646 g/mol. The molecular weight excluding hydrogens is 626 g/mol. The van der Waals surface area contributed by atoms with Crippen LogP contribution >= 0.6 is 0 Å². The second kappa shape index (κ2) is 11.8. The third-order valence-corrected chi connectivity index (χ3v) is 8.10. The maximum atomic E-state index is 12.2. The molecule has 0 aromatic heterocycles. The standard InChI is InChI=1S/C28H19N7O8S2/c1-15(36)30-17-4-6-18(7-5-17)32-33-25-11-10-24(21-9-8-20(14-23(21)25)44(38,39)40)34-35-27-26(45(41,42)43)12-16-2-3-19(31-29)13-22(16)28(27)37/h2-14,29H,1H3,(H2,38,39,40,41,42,43)/p+1. The van der Waals surface area contributed by atoms with Crippen LogP contribution in [0.4, 0.5) is 34.1 Å². The SMILES string of the molecule is CC(=O)Nc1ccc(N=Nc2ccc(N=Nc3c(S(=O)(=O)O)cc4ccc([N+]#N)cc4c3O)c3ccc(S(=O)(=O)O)cc23)cc1. The lowest BCUT2D eigenvalue weighted by molar-refractivity contribution is -0.114. The molecule has 5 aromatic carbocycles. The maximum Gasteiger partial charge on any atom is 0.385 e. The zero-order valence-electron chi connectivity index (χ0n) is 22.9. The molecule has 17 heteroatoms. The van der Waals surface area contributed by atoms with Gasteiger partial charge >= 0.3 is 5.69 Å². The Hall–Kier alpha value is -5.67. The third kappa shape index (κ3) is 6.63. The molecule has 0 heterocycles. The first-order valence-corrected chi connectivity index (χ1v) is 15.5. The summed E-state index contributed by atoms with van der Waals surface area (Å²) in [6, 6.07) is 17.8. The van der Waals surface area contributed by atoms with E-state index in [1.165, 1.54) is 43.3 Å². The van der Waals surface area contributed by atoms with E-state index in [0.717, 1.165) is 18.2 Å². The fraction of sp³-hybridized carbons (Fsp3) is 0.0357. The topological polar surface area (TPSA) is 236 Å². The highest BCUT2D eigenvalue weighted by Gasteiger charge is 2.23. The Morgan fingerprint density at radius 3 is 2.04 bits per heavy atom. The van der Waals surface area contributed by atoms with E-state index in [0.29, 0.717) is 11.4 Å². The zero-order valence-corrected chi connectivity index (χ0v) is 24.5. The average Bonchev–Trinajstić information content (AvgIpc) is 2.98. The fourth-order valence-electron chi connectivity index (χ4n) is 4.35. The van der Waals surface area contributed by atoms with Crippen molar-refractivity contribution < 1.29 is 35.8 Å². The summed E-state index contributed by atoms with van der Waals surface area (Å²) in [5.41, 5.74) is 0.591. The van der Waals surface area contributed by atoms with Gasteiger partial charge < -0.3 is 10.4 Å². The Morgan fingerprint density at radius 2 is 1.42 bits per heavy atom. The van der Waals surface area contributed by atoms with Crippen molar-refractivity contribution in [1.82, 2.24) is 0 Å². The molecule has 5 aromatic rings. The molecule has 0 saturated carbocycles. The molecule has 15 nitrogen and oxygen atoms in total. The number of nitrogens with one attached hydrogen (secondary N) is 1. The van der Waals surface area contributed by atoms with Crippen LogP contribution in [0, 0.1) is 5.39 Å². The Kier molecular flexibility index (Phi) is 8.06. The van der Waals surface area contributed by atoms with Crippen molar-refractivity contribution in [2.75, 3.05) is 5.32 Å². The predicted molar refractivity (Wildman–Crippen MR) is 163 cm³/mol. The Morgan fingerprint density at radius 1 is 0.756 bits per heavy atom. The lowest BCUT2D eigenvalue weighted by Crippen LogP contribution is -2.04. The van der Waals surface area contributed by atoms with Crippen LogP contribution in [0.25, 0.3) is 26.5 Å². The van der Waals surface area contributed by atoms with Gasteiger partial charge in [0.2, 0.25) is 11.3 Å². The average molecular weight is 647 g/mol. The number of phenolic OH excluding ortho intramolecular Hbond substituents is 1. The first-order valence-electron chi connectivity index (χ1n) is 12.6. The van der Waals surface area contributed by atoms with Crippen LogP contribution in [0.3, 0.4) is 0 Å². The number of phenols is 1. The van der Waals surface area contributed by atoms with Crippen LogP contribution in [0.2, 0.25) is 0 Å². The molecule has 0 fully saturated rings. The van der Waals surface area contributed by atoms with Crippen LogP contribution in [0.1, 0.15) is 6.92 Å². The first-order chi connectivity index (χ1) is 21.2. The van der Waals surface area contributed by atoms with Crippen molar-refractivity contribution in [2.24, 2.45) is 20.5 Å². The van der Waals surface area contributed by atoms with Gasteiger partial charge in [-0.25, -0.2) is 0 Å². The van der Waals surface area contributed by atoms with E-state index < -0.39 is 41.5 Å². The van der Waals surface area contributed by atoms with E-state index in [1.807, 2.05) is 0 Å². The van der Waals surface area contributed by atoms with Gasteiger partial charge in [-0.1, -0.05) is 6.07 Å². The molecule has 4 N–H and O–H groups in total. The molecule has 0 bridgehead atoms. The molecule has 0 atom stereocenters. The van der Waals surface area contributed by atoms with E-state index in [2.05, 4.69) is 30.7 Å². The van der Waals surface area contributed by atoms with Crippen molar-refractivity contribution >= 4 is 81.8 Å². The van der Waals surface area contributed by atoms with Gasteiger partial charge in [0.15, 0.2) is 10.7 Å². The summed E-state index contributed by atoms with van der Waals surface area (Å²) in [6.07, 6.45) is 0. The summed E-state index contributed by atoms with van der Waals surface area (Å²) in [5, 5.41) is 39.6. The van der Waals surface area contributed by atoms with E-state index in [4.69, 9.17) is 5.39 Å². The van der Waals surface area contributed by atoms with E-state index >= 15 is 0 Å². The van der Waals surface area contributed by atoms with Crippen LogP contribution in [0.15, 0.2) is 109 Å². The van der Waals surface area contributed by atoms with Crippen molar-refractivity contribution in [3.63, 3.8) is 0 Å². The van der Waals surface area contributed by atoms with Gasteiger partial charge in [0.1, 0.15) is 10.6 Å². The number of azo groups is 2. The Bertz CT molecular complexity index is 2350. The smallest absolute Gasteiger partial charge is 0.385 e. The summed E-state index contributed by atoms with van der Waals surface area (Å²) < 4.78 is 67.6. The number of carbonyl (C=O) groups excluding carboxylic acids is 1. The second-order valence-electron chi connectivity index (χ2n) is 9.47. The molecule has 0 aliphatic heterocycles. The zero-order chi connectivity index (χ0) is 32.5. The number of benzene rings is 5. The van der Waals surface area contributed by atoms with Crippen LogP contribution in [-0.2, 0) is 25.0 Å². The van der Waals surface area contributed by atoms with Gasteiger partial charge in [-0.15, -0.1) is 15.3 Å². The fourth-order valence-corrected chi connectivity index (χ4v) is 5.51. The number of carbonyl (C=O) groups is 1. The molecule has 0 spiro atoms. The van der Waals surface area contributed by atoms with Crippen molar-refractivity contribution in [1.29, 1.82) is 5.39 Å². The minimum absolute atomic E-state index is 0.0503. The van der Waals surface area contributed by atoms with E-state index in [-0.39, 0.29) is 44.5 Å². The lowest BCUT2D eigenvalue weighted by atomic mass is 10.1. The van der Waals surface area contributed by atoms with E-state index in [1.54, 1.807) is 24.3 Å². The molecule has 0 aliphatic carbocycles. The first kappa shape index (κ1) is 30.8. The minimum Gasteiger partial charge on any atom is -0.505 e. The summed E-state index contributed by atoms with van der Waals surface area (Å²) in [6.45, 7) is 1.37. The van der Waals surface area contributed by atoms with Gasteiger partial charge in [0.25, 0.3) is 20.2 Å². The molecule has 226 valence electrons. The highest BCUT2D eigenvalue weighted by molar-refractivity contribution is 7.86. The minimum atomic E-state index is -4.91. The largest absolute Gasteiger partial charge is 0.505 e. The highest BCUT2D eigenvalue weighted by atomic mass is 32.2. The Balaban J connectivity index is 1.64. The quantitative estimate of drug-likeness (QED) is 0.0778. The third-order valence-electron chi connectivity index (χ3n) is 6.39. The van der Waals surface area contributed by atoms with Gasteiger partial charge in [0, 0.05) is 40.9 Å². The molecule has 0 saturated heterocycles. The lowest BCUT2D eigenvalue weighted by Gasteiger charge is -2.09. The van der Waals surface area contributed by atoms with Gasteiger partial charge in [-0.3, -0.25) is 13.9 Å². The summed E-state index contributed by atoms with van der Waals surface area (Å²) >= 11 is 0. The van der Waals surface area contributed by atoms with Gasteiger partial charge in [-0.2, -0.15) is 21.9 Å². The summed E-state index contributed by atoms with van der Waals surface area (Å²) in [4.78, 5) is 13.1. The summed E-state index contributed by atoms with van der Waals surface area (Å²) in [7, 11) is -9.54. The maximum absolute atomic E-state index is 12.2. The van der Waals surface area contributed by atoms with Crippen LogP contribution in [-0.4, -0.2) is 37.0 Å². The molecule has 0 unspecified atom stereocenters. The number of amides is 1. The molecule has 1 amide bonds. The highest BCUT2D eigenvalue weighted by Crippen LogP contribution is 2.43. The van der Waals surface area contributed by atoms with Gasteiger partial charge in [-0.05, 0) is 66.0 Å². The molecule has 45 heavy (non-hydrogen) atoms. The molecule has 5 rings (SSSR count). The number of fused-ring (bicyclic) bond motifs is 2. The van der Waals surface area contributed by atoms with E-state index in [9.17, 15) is 35.8 Å². The van der Waals surface area contributed by atoms with Crippen LogP contribution in [0.5, 0.6) is 5.75 Å². The van der Waals surface area contributed by atoms with Crippen molar-refractivity contribution in [3.8, 4) is 5.75 Å². The predicted octanol–water partition coefficient (Wildman–Crippen LogP) is 7.47. The summed E-state index contributed by atoms with van der Waals surface area (Å²) in [5.74, 6) is -0.929.